The topological polar surface area (TPSA) is 99.2 Å². The lowest BCUT2D eigenvalue weighted by molar-refractivity contribution is -0.137. The molecule has 202 valence electrons. The molecule has 1 aromatic carbocycles. The quantitative estimate of drug-likeness (QED) is 0.429. The molecule has 0 unspecified atom stereocenters. The van der Waals surface area contributed by atoms with E-state index in [2.05, 4.69) is 36.9 Å². The molecule has 13 heteroatoms. The molecule has 0 spiro atoms. The number of aromatic nitrogens is 2. The largest absolute Gasteiger partial charge is 0.420 e. The van der Waals surface area contributed by atoms with Gasteiger partial charge >= 0.3 is 6.18 Å². The average Bonchev–Trinajstić information content (AvgIpc) is 3.61. The van der Waals surface area contributed by atoms with E-state index < -0.39 is 21.6 Å². The molecule has 0 saturated carbocycles. The number of nitrogens with one attached hydrogen (secondary N) is 3. The molecule has 0 aliphatic carbocycles. The third-order valence-corrected chi connectivity index (χ3v) is 10.4. The van der Waals surface area contributed by atoms with Crippen molar-refractivity contribution in [1.29, 1.82) is 0 Å². The molecular formula is C25H27F3N6O2S2. The molecule has 5 heterocycles. The van der Waals surface area contributed by atoms with Gasteiger partial charge in [0.25, 0.3) is 0 Å². The third kappa shape index (κ3) is 4.65. The Balaban J connectivity index is 1.35. The first-order valence-electron chi connectivity index (χ1n) is 12.5. The number of thiophene rings is 1. The number of anilines is 3. The molecule has 38 heavy (non-hydrogen) atoms. The molecule has 2 atom stereocenters. The monoisotopic (exact) mass is 564 g/mol. The van der Waals surface area contributed by atoms with Crippen molar-refractivity contribution in [1.82, 2.24) is 20.6 Å². The van der Waals surface area contributed by atoms with Gasteiger partial charge in [0.2, 0.25) is 5.95 Å². The van der Waals surface area contributed by atoms with Crippen molar-refractivity contribution in [3.63, 3.8) is 0 Å². The summed E-state index contributed by atoms with van der Waals surface area (Å²) in [6.07, 6.45) is -2.09. The molecule has 3 aliphatic rings. The zero-order valence-electron chi connectivity index (χ0n) is 20.6. The minimum Gasteiger partial charge on any atom is -0.366 e. The number of halogens is 3. The van der Waals surface area contributed by atoms with Gasteiger partial charge in [-0.2, -0.15) is 13.2 Å². The minimum absolute atomic E-state index is 0.0180. The third-order valence-electron chi connectivity index (χ3n) is 7.37. The van der Waals surface area contributed by atoms with Gasteiger partial charge in [0.15, 0.2) is 9.84 Å². The Morgan fingerprint density at radius 1 is 1.26 bits per heavy atom. The van der Waals surface area contributed by atoms with Crippen LogP contribution in [0.2, 0.25) is 0 Å². The second-order valence-electron chi connectivity index (χ2n) is 9.81. The maximum Gasteiger partial charge on any atom is 0.420 e. The van der Waals surface area contributed by atoms with Gasteiger partial charge in [0.1, 0.15) is 5.56 Å². The van der Waals surface area contributed by atoms with E-state index in [9.17, 15) is 21.6 Å². The van der Waals surface area contributed by atoms with Crippen molar-refractivity contribution in [2.45, 2.75) is 49.5 Å². The number of hydrogen-bond donors (Lipinski definition) is 3. The van der Waals surface area contributed by atoms with Gasteiger partial charge < -0.3 is 20.9 Å². The fourth-order valence-electron chi connectivity index (χ4n) is 5.44. The summed E-state index contributed by atoms with van der Waals surface area (Å²) < 4.78 is 67.1. The number of hydrogen-bond acceptors (Lipinski definition) is 9. The average molecular weight is 565 g/mol. The lowest BCUT2D eigenvalue weighted by atomic mass is 10.1. The zero-order chi connectivity index (χ0) is 26.7. The van der Waals surface area contributed by atoms with E-state index in [4.69, 9.17) is 0 Å². The molecule has 2 aromatic heterocycles. The second kappa shape index (κ2) is 9.47. The minimum atomic E-state index is -4.70. The SMILES string of the molecule is CCc1cc(N2C[C@H]3C[C@@H]2CN3)ccc1Nc1ncc(C(F)(F)F)c(-c2cc3c(s2)CNCCS3(=O)=O)n1. The summed E-state index contributed by atoms with van der Waals surface area (Å²) >= 11 is 1.01. The van der Waals surface area contributed by atoms with Crippen molar-refractivity contribution in [2.24, 2.45) is 0 Å². The summed E-state index contributed by atoms with van der Waals surface area (Å²) in [5, 5.41) is 9.62. The summed E-state index contributed by atoms with van der Waals surface area (Å²) in [7, 11) is -3.60. The van der Waals surface area contributed by atoms with Crippen LogP contribution in [0.1, 0.15) is 29.3 Å². The number of sulfone groups is 1. The molecule has 2 fully saturated rings. The Hall–Kier alpha value is -2.74. The highest BCUT2D eigenvalue weighted by Gasteiger charge is 2.38. The summed E-state index contributed by atoms with van der Waals surface area (Å²) in [5.41, 5.74) is 1.51. The number of aryl methyl sites for hydroxylation is 1. The Morgan fingerprint density at radius 2 is 2.11 bits per heavy atom. The molecular weight excluding hydrogens is 537 g/mol. The predicted molar refractivity (Wildman–Crippen MR) is 141 cm³/mol. The fourth-order valence-corrected chi connectivity index (χ4v) is 8.40. The molecule has 6 rings (SSSR count). The lowest BCUT2D eigenvalue weighted by Crippen LogP contribution is -2.43. The van der Waals surface area contributed by atoms with E-state index in [1.165, 1.54) is 6.07 Å². The van der Waals surface area contributed by atoms with Crippen LogP contribution in [-0.4, -0.2) is 55.9 Å². The summed E-state index contributed by atoms with van der Waals surface area (Å²) in [6.45, 7) is 4.52. The number of alkyl halides is 3. The Morgan fingerprint density at radius 3 is 2.82 bits per heavy atom. The van der Waals surface area contributed by atoms with Crippen LogP contribution < -0.4 is 20.9 Å². The summed E-state index contributed by atoms with van der Waals surface area (Å²) in [4.78, 5) is 11.3. The van der Waals surface area contributed by atoms with Gasteiger partial charge in [-0.3, -0.25) is 0 Å². The maximum atomic E-state index is 13.9. The van der Waals surface area contributed by atoms with Crippen molar-refractivity contribution in [3.8, 4) is 10.6 Å². The highest BCUT2D eigenvalue weighted by Crippen LogP contribution is 2.42. The van der Waals surface area contributed by atoms with E-state index in [0.29, 0.717) is 29.9 Å². The number of rotatable bonds is 5. The van der Waals surface area contributed by atoms with E-state index >= 15 is 0 Å². The predicted octanol–water partition coefficient (Wildman–Crippen LogP) is 3.96. The van der Waals surface area contributed by atoms with Gasteiger partial charge in [0, 0.05) is 60.7 Å². The molecule has 2 saturated heterocycles. The van der Waals surface area contributed by atoms with Crippen LogP contribution in [0.3, 0.4) is 0 Å². The van der Waals surface area contributed by atoms with Crippen molar-refractivity contribution >= 4 is 38.5 Å². The lowest BCUT2D eigenvalue weighted by Gasteiger charge is -2.30. The Labute approximate surface area is 222 Å². The maximum absolute atomic E-state index is 13.9. The van der Waals surface area contributed by atoms with Crippen LogP contribution in [0.15, 0.2) is 35.4 Å². The highest BCUT2D eigenvalue weighted by molar-refractivity contribution is 7.91. The fraction of sp³-hybridized carbons (Fsp3) is 0.440. The van der Waals surface area contributed by atoms with Crippen LogP contribution in [-0.2, 0) is 29.0 Å². The van der Waals surface area contributed by atoms with Crippen molar-refractivity contribution in [2.75, 3.05) is 35.6 Å². The smallest absolute Gasteiger partial charge is 0.366 e. The van der Waals surface area contributed by atoms with Gasteiger partial charge in [-0.05, 0) is 42.7 Å². The summed E-state index contributed by atoms with van der Waals surface area (Å²) in [5.74, 6) is -0.0891. The normalized spacial score (nSPS) is 22.4. The van der Waals surface area contributed by atoms with E-state index in [-0.39, 0.29) is 33.7 Å². The first-order chi connectivity index (χ1) is 18.1. The standard InChI is InChI=1S/C25H27F3N6O2S2/c1-2-14-7-16(34-13-15-8-17(34)10-30-15)3-4-19(14)32-24-31-11-18(25(26,27)28)23(33-24)20-9-22-21(37-20)12-29-5-6-38(22,35)36/h3-4,7,9,11,15,17,29-30H,2,5-6,8,10,12-13H2,1H3,(H,31,32,33)/t15-,17-/m1/s1. The number of piperazine rings is 1. The van der Waals surface area contributed by atoms with Crippen LogP contribution in [0.25, 0.3) is 10.6 Å². The first-order valence-corrected chi connectivity index (χ1v) is 15.0. The van der Waals surface area contributed by atoms with Crippen LogP contribution >= 0.6 is 11.3 Å². The van der Waals surface area contributed by atoms with Crippen LogP contribution in [0.4, 0.5) is 30.5 Å². The molecule has 0 radical (unpaired) electrons. The summed E-state index contributed by atoms with van der Waals surface area (Å²) in [6, 6.07) is 8.35. The molecule has 8 nitrogen and oxygen atoms in total. The van der Waals surface area contributed by atoms with E-state index in [0.717, 1.165) is 54.0 Å². The molecule has 2 bridgehead atoms. The highest BCUT2D eigenvalue weighted by atomic mass is 32.2. The molecule has 3 aromatic rings. The first kappa shape index (κ1) is 25.5. The van der Waals surface area contributed by atoms with Crippen molar-refractivity contribution < 1.29 is 21.6 Å². The number of fused-ring (bicyclic) bond motifs is 3. The number of benzene rings is 1. The van der Waals surface area contributed by atoms with Crippen LogP contribution in [0, 0.1) is 0 Å². The van der Waals surface area contributed by atoms with Gasteiger partial charge in [0.05, 0.1) is 21.2 Å². The van der Waals surface area contributed by atoms with E-state index in [1.807, 2.05) is 19.1 Å². The van der Waals surface area contributed by atoms with Crippen molar-refractivity contribution in [3.05, 3.63) is 46.5 Å². The molecule has 3 aliphatic heterocycles. The van der Waals surface area contributed by atoms with Crippen LogP contribution in [0.5, 0.6) is 0 Å². The molecule has 0 amide bonds. The van der Waals surface area contributed by atoms with E-state index in [1.54, 1.807) is 0 Å². The van der Waals surface area contributed by atoms with Gasteiger partial charge in [-0.25, -0.2) is 18.4 Å². The number of nitrogens with zero attached hydrogens (tertiary/aromatic N) is 3. The van der Waals surface area contributed by atoms with Gasteiger partial charge in [-0.1, -0.05) is 6.92 Å². The van der Waals surface area contributed by atoms with Gasteiger partial charge in [-0.15, -0.1) is 11.3 Å². The zero-order valence-corrected chi connectivity index (χ0v) is 22.2. The Bertz CT molecular complexity index is 1490. The Kier molecular flexibility index (Phi) is 6.36. The molecule has 3 N–H and O–H groups in total. The second-order valence-corrected chi connectivity index (χ2v) is 13.0.